The van der Waals surface area contributed by atoms with Crippen molar-refractivity contribution >= 4 is 5.91 Å². The van der Waals surface area contributed by atoms with Crippen LogP contribution < -0.4 is 5.32 Å². The third-order valence-corrected chi connectivity index (χ3v) is 3.39. The Hall–Kier alpha value is -1.59. The van der Waals surface area contributed by atoms with Crippen LogP contribution in [0.15, 0.2) is 18.3 Å². The van der Waals surface area contributed by atoms with Gasteiger partial charge in [-0.15, -0.1) is 0 Å². The summed E-state index contributed by atoms with van der Waals surface area (Å²) >= 11 is 0. The molecule has 1 aromatic heterocycles. The van der Waals surface area contributed by atoms with E-state index in [1.807, 2.05) is 13.0 Å². The van der Waals surface area contributed by atoms with E-state index in [1.165, 1.54) is 0 Å². The smallest absolute Gasteiger partial charge is 0.347 e. The summed E-state index contributed by atoms with van der Waals surface area (Å²) in [5, 5.41) is 2.71. The average Bonchev–Trinajstić information content (AvgIpc) is 3.18. The van der Waals surface area contributed by atoms with Crippen LogP contribution in [0.2, 0.25) is 0 Å². The molecule has 1 saturated carbocycles. The molecular weight excluding hydrogens is 269 g/mol. The molecule has 1 N–H and O–H groups in total. The van der Waals surface area contributed by atoms with E-state index in [4.69, 9.17) is 0 Å². The van der Waals surface area contributed by atoms with Crippen molar-refractivity contribution in [2.24, 2.45) is 5.92 Å². The highest BCUT2D eigenvalue weighted by Crippen LogP contribution is 2.41. The van der Waals surface area contributed by atoms with Crippen LogP contribution in [0.3, 0.4) is 0 Å². The Balaban J connectivity index is 2.00. The minimum absolute atomic E-state index is 0.267. The molecule has 0 radical (unpaired) electrons. The molecular formula is C14H17F3N2O. The molecule has 0 spiro atoms. The minimum atomic E-state index is -4.30. The number of pyridine rings is 1. The van der Waals surface area contributed by atoms with Crippen molar-refractivity contribution in [1.82, 2.24) is 10.3 Å². The molecule has 1 atom stereocenters. The van der Waals surface area contributed by atoms with E-state index >= 15 is 0 Å². The molecule has 0 bridgehead atoms. The molecule has 0 saturated heterocycles. The Kier molecular flexibility index (Phi) is 4.30. The fourth-order valence-corrected chi connectivity index (χ4v) is 2.16. The van der Waals surface area contributed by atoms with Gasteiger partial charge in [-0.1, -0.05) is 6.07 Å². The molecule has 2 rings (SSSR count). The number of rotatable bonds is 5. The molecule has 1 amide bonds. The summed E-state index contributed by atoms with van der Waals surface area (Å²) in [6.07, 6.45) is -2.33. The lowest BCUT2D eigenvalue weighted by molar-refractivity contribution is -0.144. The van der Waals surface area contributed by atoms with Gasteiger partial charge in [-0.2, -0.15) is 13.2 Å². The van der Waals surface area contributed by atoms with Crippen molar-refractivity contribution in [3.63, 3.8) is 0 Å². The number of aryl methyl sites for hydroxylation is 1. The first kappa shape index (κ1) is 14.8. The molecule has 20 heavy (non-hydrogen) atoms. The number of nitrogens with one attached hydrogen (secondary N) is 1. The Morgan fingerprint density at radius 3 is 2.75 bits per heavy atom. The van der Waals surface area contributed by atoms with Crippen molar-refractivity contribution < 1.29 is 18.0 Å². The second kappa shape index (κ2) is 5.81. The number of carbonyl (C=O) groups is 1. The number of carbonyl (C=O) groups excluding carboxylic acids is 1. The number of nitrogens with zero attached hydrogens (tertiary/aromatic N) is 1. The zero-order valence-corrected chi connectivity index (χ0v) is 11.2. The Morgan fingerprint density at radius 2 is 2.20 bits per heavy atom. The van der Waals surface area contributed by atoms with Crippen LogP contribution in [0.4, 0.5) is 13.2 Å². The summed E-state index contributed by atoms with van der Waals surface area (Å²) in [5.74, 6) is -0.275. The fourth-order valence-electron chi connectivity index (χ4n) is 2.16. The number of hydrogen-bond acceptors (Lipinski definition) is 2. The van der Waals surface area contributed by atoms with Gasteiger partial charge in [-0.25, -0.2) is 0 Å². The lowest BCUT2D eigenvalue weighted by Gasteiger charge is -2.19. The zero-order valence-electron chi connectivity index (χ0n) is 11.2. The van der Waals surface area contributed by atoms with E-state index in [0.29, 0.717) is 5.92 Å². The maximum Gasteiger partial charge on any atom is 0.389 e. The van der Waals surface area contributed by atoms with Crippen molar-refractivity contribution in [3.05, 3.63) is 29.6 Å². The molecule has 3 nitrogen and oxygen atoms in total. The maximum absolute atomic E-state index is 12.1. The number of hydrogen-bond donors (Lipinski definition) is 1. The summed E-state index contributed by atoms with van der Waals surface area (Å²) in [6.45, 7) is 1.89. The van der Waals surface area contributed by atoms with Gasteiger partial charge in [0.15, 0.2) is 0 Å². The first-order valence-corrected chi connectivity index (χ1v) is 6.64. The average molecular weight is 286 g/mol. The Bertz CT molecular complexity index is 484. The first-order valence-electron chi connectivity index (χ1n) is 6.64. The normalized spacial score (nSPS) is 16.8. The van der Waals surface area contributed by atoms with E-state index in [2.05, 4.69) is 10.3 Å². The third-order valence-electron chi connectivity index (χ3n) is 3.39. The molecule has 6 heteroatoms. The van der Waals surface area contributed by atoms with Gasteiger partial charge in [0.25, 0.3) is 0 Å². The molecule has 110 valence electrons. The SMILES string of the molecule is Cc1cccnc1[C@H](NC(=O)CCC(F)(F)F)C1CC1. The van der Waals surface area contributed by atoms with Gasteiger partial charge in [0.2, 0.25) is 5.91 Å². The van der Waals surface area contributed by atoms with Gasteiger partial charge >= 0.3 is 6.18 Å². The quantitative estimate of drug-likeness (QED) is 0.902. The van der Waals surface area contributed by atoms with Crippen LogP contribution in [0.1, 0.15) is 43.0 Å². The highest BCUT2D eigenvalue weighted by atomic mass is 19.4. The molecule has 1 heterocycles. The van der Waals surface area contributed by atoms with Crippen LogP contribution >= 0.6 is 0 Å². The number of halogens is 3. The van der Waals surface area contributed by atoms with E-state index in [1.54, 1.807) is 12.3 Å². The van der Waals surface area contributed by atoms with Crippen LogP contribution in [0.5, 0.6) is 0 Å². The third kappa shape index (κ3) is 4.21. The van der Waals surface area contributed by atoms with E-state index in [0.717, 1.165) is 24.1 Å². The molecule has 0 aliphatic heterocycles. The molecule has 1 aromatic rings. The Labute approximate surface area is 115 Å². The summed E-state index contributed by atoms with van der Waals surface area (Å²) < 4.78 is 36.4. The lowest BCUT2D eigenvalue weighted by Crippen LogP contribution is -2.31. The van der Waals surface area contributed by atoms with Gasteiger partial charge in [0.1, 0.15) is 0 Å². The lowest BCUT2D eigenvalue weighted by atomic mass is 10.0. The summed E-state index contributed by atoms with van der Waals surface area (Å²) in [5.41, 5.74) is 1.70. The molecule has 1 fully saturated rings. The largest absolute Gasteiger partial charge is 0.389 e. The van der Waals surface area contributed by atoms with Crippen molar-refractivity contribution in [1.29, 1.82) is 0 Å². The molecule has 1 aliphatic carbocycles. The van der Waals surface area contributed by atoms with Gasteiger partial charge < -0.3 is 5.32 Å². The van der Waals surface area contributed by atoms with Crippen LogP contribution in [0.25, 0.3) is 0 Å². The van der Waals surface area contributed by atoms with E-state index < -0.39 is 24.9 Å². The zero-order chi connectivity index (χ0) is 14.8. The molecule has 1 aliphatic rings. The van der Waals surface area contributed by atoms with Gasteiger partial charge in [-0.05, 0) is 37.3 Å². The number of amides is 1. The topological polar surface area (TPSA) is 42.0 Å². The van der Waals surface area contributed by atoms with Crippen LogP contribution in [-0.4, -0.2) is 17.1 Å². The first-order chi connectivity index (χ1) is 9.37. The van der Waals surface area contributed by atoms with Crippen LogP contribution in [-0.2, 0) is 4.79 Å². The predicted octanol–water partition coefficient (Wildman–Crippen LogP) is 3.30. The van der Waals surface area contributed by atoms with Gasteiger partial charge in [0.05, 0.1) is 18.2 Å². The maximum atomic E-state index is 12.1. The summed E-state index contributed by atoms with van der Waals surface area (Å²) in [4.78, 5) is 15.9. The van der Waals surface area contributed by atoms with Crippen molar-refractivity contribution in [2.45, 2.75) is 44.8 Å². The van der Waals surface area contributed by atoms with Gasteiger partial charge in [-0.3, -0.25) is 9.78 Å². The number of aromatic nitrogens is 1. The molecule has 0 aromatic carbocycles. The second-order valence-corrected chi connectivity index (χ2v) is 5.20. The standard InChI is InChI=1S/C14H17F3N2O/c1-9-3-2-8-18-12(9)13(10-4-5-10)19-11(20)6-7-14(15,16)17/h2-3,8,10,13H,4-7H2,1H3,(H,19,20)/t13-/m1/s1. The monoisotopic (exact) mass is 286 g/mol. The second-order valence-electron chi connectivity index (χ2n) is 5.20. The van der Waals surface area contributed by atoms with Crippen molar-refractivity contribution in [3.8, 4) is 0 Å². The Morgan fingerprint density at radius 1 is 1.50 bits per heavy atom. The highest BCUT2D eigenvalue weighted by Gasteiger charge is 2.35. The predicted molar refractivity (Wildman–Crippen MR) is 67.9 cm³/mol. The van der Waals surface area contributed by atoms with Gasteiger partial charge in [0, 0.05) is 12.6 Å². The summed E-state index contributed by atoms with van der Waals surface area (Å²) in [7, 11) is 0. The van der Waals surface area contributed by atoms with Crippen molar-refractivity contribution in [2.75, 3.05) is 0 Å². The molecule has 0 unspecified atom stereocenters. The highest BCUT2D eigenvalue weighted by molar-refractivity contribution is 5.76. The van der Waals surface area contributed by atoms with Crippen LogP contribution in [0, 0.1) is 12.8 Å². The van der Waals surface area contributed by atoms with E-state index in [-0.39, 0.29) is 6.04 Å². The minimum Gasteiger partial charge on any atom is -0.347 e. The summed E-state index contributed by atoms with van der Waals surface area (Å²) in [6, 6.07) is 3.42. The van der Waals surface area contributed by atoms with E-state index in [9.17, 15) is 18.0 Å². The fraction of sp³-hybridized carbons (Fsp3) is 0.571. The number of alkyl halides is 3.